The average Bonchev–Trinajstić information content (AvgIpc) is 2.84. The lowest BCUT2D eigenvalue weighted by Crippen LogP contribution is -2.58. The lowest BCUT2D eigenvalue weighted by atomic mass is 9.53. The molecule has 0 saturated carbocycles. The van der Waals surface area contributed by atoms with Gasteiger partial charge in [0.1, 0.15) is 6.10 Å². The van der Waals surface area contributed by atoms with Crippen LogP contribution in [0.1, 0.15) is 31.9 Å². The summed E-state index contributed by atoms with van der Waals surface area (Å²) in [5.74, 6) is -2.63. The van der Waals surface area contributed by atoms with Gasteiger partial charge in [0.25, 0.3) is 5.69 Å². The zero-order chi connectivity index (χ0) is 20.0. The molecular formula is C18H15N5O4. The topological polar surface area (TPSA) is 157 Å². The molecule has 3 rings (SSSR count). The van der Waals surface area contributed by atoms with Gasteiger partial charge in [0.05, 0.1) is 29.0 Å². The molecule has 0 spiro atoms. The monoisotopic (exact) mass is 365 g/mol. The molecule has 9 heteroatoms. The van der Waals surface area contributed by atoms with Crippen molar-refractivity contribution in [2.75, 3.05) is 0 Å². The highest BCUT2D eigenvalue weighted by Gasteiger charge is 2.78. The summed E-state index contributed by atoms with van der Waals surface area (Å²) in [7, 11) is 0. The van der Waals surface area contributed by atoms with E-state index in [1.165, 1.54) is 24.3 Å². The molecule has 2 aliphatic heterocycles. The van der Waals surface area contributed by atoms with Crippen LogP contribution in [0.2, 0.25) is 0 Å². The molecular weight excluding hydrogens is 350 g/mol. The molecule has 2 bridgehead atoms. The first-order chi connectivity index (χ1) is 12.8. The number of fused-ring (bicyclic) bond motifs is 2. The number of nitro groups is 1. The molecule has 2 fully saturated rings. The SMILES string of the molecule is CC[C@@]12OC(=N)[C@@](C#N)([C@@H]1C)C(C#N)(C#N)[C@H](c1cccc([N+](=O)[O-])c1)O2. The van der Waals surface area contributed by atoms with Crippen molar-refractivity contribution in [2.45, 2.75) is 32.2 Å². The van der Waals surface area contributed by atoms with Gasteiger partial charge in [0.2, 0.25) is 17.1 Å². The van der Waals surface area contributed by atoms with Gasteiger partial charge in [-0.15, -0.1) is 0 Å². The van der Waals surface area contributed by atoms with E-state index < -0.39 is 39.5 Å². The molecule has 1 N–H and O–H groups in total. The van der Waals surface area contributed by atoms with E-state index >= 15 is 0 Å². The quantitative estimate of drug-likeness (QED) is 0.637. The first kappa shape index (κ1) is 18.3. The molecule has 27 heavy (non-hydrogen) atoms. The molecule has 0 radical (unpaired) electrons. The van der Waals surface area contributed by atoms with Gasteiger partial charge in [0, 0.05) is 18.6 Å². The molecule has 0 unspecified atom stereocenters. The van der Waals surface area contributed by atoms with Crippen LogP contribution in [0.15, 0.2) is 24.3 Å². The molecule has 1 aromatic rings. The van der Waals surface area contributed by atoms with Crippen LogP contribution < -0.4 is 0 Å². The lowest BCUT2D eigenvalue weighted by Gasteiger charge is -2.48. The first-order valence-corrected chi connectivity index (χ1v) is 8.22. The smallest absolute Gasteiger partial charge is 0.269 e. The number of benzene rings is 1. The summed E-state index contributed by atoms with van der Waals surface area (Å²) in [5.41, 5.74) is -4.00. The Balaban J connectivity index is 2.33. The van der Waals surface area contributed by atoms with Crippen molar-refractivity contribution in [3.8, 4) is 18.2 Å². The van der Waals surface area contributed by atoms with E-state index in [1.807, 2.05) is 18.2 Å². The molecule has 136 valence electrons. The van der Waals surface area contributed by atoms with Gasteiger partial charge in [-0.05, 0) is 5.56 Å². The highest BCUT2D eigenvalue weighted by atomic mass is 16.7. The van der Waals surface area contributed by atoms with E-state index in [4.69, 9.17) is 14.9 Å². The van der Waals surface area contributed by atoms with Crippen molar-refractivity contribution in [2.24, 2.45) is 16.7 Å². The second kappa shape index (κ2) is 5.77. The number of rotatable bonds is 3. The lowest BCUT2D eigenvalue weighted by molar-refractivity contribution is -0.385. The Morgan fingerprint density at radius 3 is 2.48 bits per heavy atom. The summed E-state index contributed by atoms with van der Waals surface area (Å²) in [6.07, 6.45) is -1.04. The van der Waals surface area contributed by atoms with Crippen molar-refractivity contribution in [1.29, 1.82) is 21.2 Å². The number of nitro benzene ring substituents is 1. The average molecular weight is 365 g/mol. The molecule has 2 saturated heterocycles. The van der Waals surface area contributed by atoms with Crippen LogP contribution in [0.3, 0.4) is 0 Å². The maximum absolute atomic E-state index is 11.1. The van der Waals surface area contributed by atoms with Crippen LogP contribution in [0.4, 0.5) is 5.69 Å². The zero-order valence-electron chi connectivity index (χ0n) is 14.6. The van der Waals surface area contributed by atoms with E-state index in [2.05, 4.69) is 0 Å². The number of nitrogens with zero attached hydrogens (tertiary/aromatic N) is 4. The molecule has 4 atom stereocenters. The van der Waals surface area contributed by atoms with Crippen LogP contribution in [0, 0.1) is 66.3 Å². The third kappa shape index (κ3) is 1.96. The minimum absolute atomic E-state index is 0.204. The largest absolute Gasteiger partial charge is 0.447 e. The van der Waals surface area contributed by atoms with Gasteiger partial charge in [-0.25, -0.2) is 0 Å². The fourth-order valence-corrected chi connectivity index (χ4v) is 4.15. The van der Waals surface area contributed by atoms with Crippen LogP contribution in [0.5, 0.6) is 0 Å². The fraction of sp³-hybridized carbons (Fsp3) is 0.444. The van der Waals surface area contributed by atoms with E-state index in [-0.39, 0.29) is 17.7 Å². The second-order valence-corrected chi connectivity index (χ2v) is 6.62. The van der Waals surface area contributed by atoms with Gasteiger partial charge in [-0.2, -0.15) is 15.8 Å². The maximum atomic E-state index is 11.1. The highest BCUT2D eigenvalue weighted by molar-refractivity contribution is 5.89. The van der Waals surface area contributed by atoms with Crippen LogP contribution in [-0.4, -0.2) is 16.6 Å². The molecule has 2 aliphatic rings. The van der Waals surface area contributed by atoms with Crippen molar-refractivity contribution in [3.63, 3.8) is 0 Å². The van der Waals surface area contributed by atoms with Crippen molar-refractivity contribution in [1.82, 2.24) is 0 Å². The predicted octanol–water partition coefficient (Wildman–Crippen LogP) is 2.96. The molecule has 2 heterocycles. The van der Waals surface area contributed by atoms with Crippen LogP contribution in [0.25, 0.3) is 0 Å². The van der Waals surface area contributed by atoms with Gasteiger partial charge in [-0.3, -0.25) is 15.5 Å². The minimum atomic E-state index is -2.11. The number of nitrogens with one attached hydrogen (secondary N) is 1. The van der Waals surface area contributed by atoms with Gasteiger partial charge in [-0.1, -0.05) is 26.0 Å². The van der Waals surface area contributed by atoms with Crippen LogP contribution in [-0.2, 0) is 9.47 Å². The Labute approximate surface area is 155 Å². The summed E-state index contributed by atoms with van der Waals surface area (Å²) < 4.78 is 11.7. The maximum Gasteiger partial charge on any atom is 0.269 e. The van der Waals surface area contributed by atoms with Crippen LogP contribution >= 0.6 is 0 Å². The van der Waals surface area contributed by atoms with Crippen molar-refractivity contribution < 1.29 is 14.4 Å². The van der Waals surface area contributed by atoms with E-state index in [9.17, 15) is 25.9 Å². The third-order valence-corrected chi connectivity index (χ3v) is 5.68. The Bertz CT molecular complexity index is 957. The number of non-ortho nitro benzene ring substituents is 1. The van der Waals surface area contributed by atoms with Crippen molar-refractivity contribution in [3.05, 3.63) is 39.9 Å². The van der Waals surface area contributed by atoms with Crippen molar-refractivity contribution >= 4 is 11.6 Å². The molecule has 9 nitrogen and oxygen atoms in total. The second-order valence-electron chi connectivity index (χ2n) is 6.62. The Morgan fingerprint density at radius 2 is 1.96 bits per heavy atom. The standard InChI is InChI=1S/C18H15N5O4/c1-3-18-11(2)17(10-21,15(22)27-18)16(8-19,9-20)14(26-18)12-5-4-6-13(7-12)23(24)25/h4-7,11,14,22H,3H2,1-2H3/t11-,14-,17+,18+/m0/s1. The first-order valence-electron chi connectivity index (χ1n) is 8.22. The fourth-order valence-electron chi connectivity index (χ4n) is 4.15. The molecule has 1 aromatic carbocycles. The normalized spacial score (nSPS) is 33.2. The van der Waals surface area contributed by atoms with Gasteiger partial charge >= 0.3 is 0 Å². The number of ether oxygens (including phenoxy) is 2. The Hall–Kier alpha value is -3.48. The third-order valence-electron chi connectivity index (χ3n) is 5.68. The zero-order valence-corrected chi connectivity index (χ0v) is 14.6. The summed E-state index contributed by atoms with van der Waals surface area (Å²) in [5, 5.41) is 49.3. The number of hydrogen-bond donors (Lipinski definition) is 1. The highest BCUT2D eigenvalue weighted by Crippen LogP contribution is 2.67. The van der Waals surface area contributed by atoms with E-state index in [1.54, 1.807) is 13.8 Å². The summed E-state index contributed by atoms with van der Waals surface area (Å²) in [6, 6.07) is 11.2. The molecule has 0 aliphatic carbocycles. The summed E-state index contributed by atoms with van der Waals surface area (Å²) in [6.45, 7) is 3.36. The molecule has 0 amide bonds. The van der Waals surface area contributed by atoms with Gasteiger partial charge in [0.15, 0.2) is 5.41 Å². The number of hydrogen-bond acceptors (Lipinski definition) is 8. The van der Waals surface area contributed by atoms with E-state index in [0.29, 0.717) is 0 Å². The Morgan fingerprint density at radius 1 is 1.30 bits per heavy atom. The van der Waals surface area contributed by atoms with E-state index in [0.717, 1.165) is 0 Å². The summed E-state index contributed by atoms with van der Waals surface area (Å²) in [4.78, 5) is 10.5. The summed E-state index contributed by atoms with van der Waals surface area (Å²) >= 11 is 0. The Kier molecular flexibility index (Phi) is 3.91. The number of nitriles is 3. The predicted molar refractivity (Wildman–Crippen MR) is 89.6 cm³/mol. The molecule has 0 aromatic heterocycles. The minimum Gasteiger partial charge on any atom is -0.447 e. The van der Waals surface area contributed by atoms with Gasteiger partial charge < -0.3 is 9.47 Å².